The molecule has 0 aliphatic rings. The van der Waals surface area contributed by atoms with E-state index in [1.54, 1.807) is 25.1 Å². The lowest BCUT2D eigenvalue weighted by Crippen LogP contribution is -2.20. The van der Waals surface area contributed by atoms with Crippen LogP contribution in [0.4, 0.5) is 17.6 Å². The quantitative estimate of drug-likeness (QED) is 0.273. The second-order valence-electron chi connectivity index (χ2n) is 6.35. The highest BCUT2D eigenvalue weighted by molar-refractivity contribution is 6.43. The smallest absolute Gasteiger partial charge is 0.417 e. The number of halogens is 4. The van der Waals surface area contributed by atoms with E-state index in [4.69, 9.17) is 14.4 Å². The number of aryl methyl sites for hydroxylation is 1. The van der Waals surface area contributed by atoms with Crippen LogP contribution in [-0.4, -0.2) is 31.6 Å². The lowest BCUT2D eigenvalue weighted by atomic mass is 9.99. The van der Waals surface area contributed by atoms with Crippen molar-refractivity contribution in [1.82, 2.24) is 0 Å². The Hall–Kier alpha value is -3.43. The zero-order chi connectivity index (χ0) is 23.2. The molecule has 10 heteroatoms. The lowest BCUT2D eigenvalue weighted by Gasteiger charge is -2.14. The van der Waals surface area contributed by atoms with Crippen LogP contribution in [0.1, 0.15) is 34.7 Å². The molecule has 0 fully saturated rings. The molecule has 166 valence electrons. The van der Waals surface area contributed by atoms with Crippen LogP contribution < -0.4 is 0 Å². The Bertz CT molecular complexity index is 1020. The van der Waals surface area contributed by atoms with Crippen LogP contribution >= 0.6 is 0 Å². The first-order chi connectivity index (χ1) is 14.6. The van der Waals surface area contributed by atoms with Gasteiger partial charge < -0.3 is 14.4 Å². The Labute approximate surface area is 176 Å². The second kappa shape index (κ2) is 10.1. The van der Waals surface area contributed by atoms with Crippen LogP contribution in [0.25, 0.3) is 0 Å². The third kappa shape index (κ3) is 5.80. The number of rotatable bonds is 7. The fraction of sp³-hybridized carbons (Fsp3) is 0.286. The van der Waals surface area contributed by atoms with Gasteiger partial charge in [0.25, 0.3) is 0 Å². The summed E-state index contributed by atoms with van der Waals surface area (Å²) in [6.07, 6.45) is -4.69. The molecule has 0 N–H and O–H groups in total. The average molecular weight is 440 g/mol. The average Bonchev–Trinajstić information content (AvgIpc) is 2.71. The van der Waals surface area contributed by atoms with Gasteiger partial charge in [-0.1, -0.05) is 28.5 Å². The number of nitrogens with zero attached hydrogens (tertiary/aromatic N) is 2. The molecule has 0 saturated heterocycles. The van der Waals surface area contributed by atoms with Gasteiger partial charge in [-0.05, 0) is 37.6 Å². The zero-order valence-corrected chi connectivity index (χ0v) is 17.2. The number of oxime groups is 2. The Morgan fingerprint density at radius 1 is 1.06 bits per heavy atom. The first-order valence-corrected chi connectivity index (χ1v) is 8.92. The Balaban J connectivity index is 2.37. The summed E-state index contributed by atoms with van der Waals surface area (Å²) < 4.78 is 57.9. The van der Waals surface area contributed by atoms with E-state index < -0.39 is 29.1 Å². The van der Waals surface area contributed by atoms with Crippen LogP contribution in [0.2, 0.25) is 0 Å². The number of hydrogen-bond acceptors (Lipinski definition) is 6. The van der Waals surface area contributed by atoms with E-state index in [1.165, 1.54) is 21.1 Å². The summed E-state index contributed by atoms with van der Waals surface area (Å²) >= 11 is 0. The molecule has 0 aliphatic heterocycles. The Morgan fingerprint density at radius 3 is 2.39 bits per heavy atom. The summed E-state index contributed by atoms with van der Waals surface area (Å²) in [6, 6.07) is 7.13. The molecular weight excluding hydrogens is 420 g/mol. The van der Waals surface area contributed by atoms with Crippen molar-refractivity contribution in [2.75, 3.05) is 14.2 Å². The number of benzene rings is 2. The molecule has 0 unspecified atom stereocenters. The van der Waals surface area contributed by atoms with Crippen molar-refractivity contribution >= 4 is 17.4 Å². The van der Waals surface area contributed by atoms with Crippen molar-refractivity contribution in [2.45, 2.75) is 26.6 Å². The van der Waals surface area contributed by atoms with Gasteiger partial charge in [-0.2, -0.15) is 13.2 Å². The number of methoxy groups -OCH3 is 1. The van der Waals surface area contributed by atoms with E-state index in [9.17, 15) is 22.4 Å². The molecule has 0 saturated carbocycles. The summed E-state index contributed by atoms with van der Waals surface area (Å²) in [4.78, 5) is 22.0. The van der Waals surface area contributed by atoms with Crippen molar-refractivity contribution in [2.24, 2.45) is 10.3 Å². The van der Waals surface area contributed by atoms with Crippen molar-refractivity contribution in [3.63, 3.8) is 0 Å². The molecule has 0 aromatic heterocycles. The van der Waals surface area contributed by atoms with Crippen molar-refractivity contribution in [1.29, 1.82) is 0 Å². The van der Waals surface area contributed by atoms with Gasteiger partial charge in [0, 0.05) is 16.7 Å². The van der Waals surface area contributed by atoms with Crippen molar-refractivity contribution in [3.05, 3.63) is 70.0 Å². The van der Waals surface area contributed by atoms with E-state index in [0.29, 0.717) is 22.8 Å². The number of ether oxygens (including phenoxy) is 1. The summed E-state index contributed by atoms with van der Waals surface area (Å²) in [5, 5.41) is 7.41. The van der Waals surface area contributed by atoms with Gasteiger partial charge in [-0.25, -0.2) is 9.18 Å². The molecule has 0 atom stereocenters. The molecule has 2 aromatic rings. The van der Waals surface area contributed by atoms with E-state index >= 15 is 0 Å². The molecule has 2 rings (SSSR count). The maximum absolute atomic E-state index is 13.5. The SMILES string of the molecule is CO/N=C(/C(=O)OC)c1cccc(C)c1CO/N=C(\C)c1cc(F)ccc1C(F)(F)F. The predicted octanol–water partition coefficient (Wildman–Crippen LogP) is 4.62. The summed E-state index contributed by atoms with van der Waals surface area (Å²) in [6.45, 7) is 2.82. The van der Waals surface area contributed by atoms with Gasteiger partial charge in [0.05, 0.1) is 18.4 Å². The minimum Gasteiger partial charge on any atom is -0.464 e. The summed E-state index contributed by atoms with van der Waals surface area (Å²) in [5.41, 5.74) is -0.193. The highest BCUT2D eigenvalue weighted by Gasteiger charge is 2.34. The zero-order valence-electron chi connectivity index (χ0n) is 17.2. The van der Waals surface area contributed by atoms with Crippen LogP contribution in [0.15, 0.2) is 46.7 Å². The lowest BCUT2D eigenvalue weighted by molar-refractivity contribution is -0.137. The van der Waals surface area contributed by atoms with Gasteiger partial charge >= 0.3 is 12.1 Å². The first kappa shape index (κ1) is 23.8. The molecule has 0 amide bonds. The summed E-state index contributed by atoms with van der Waals surface area (Å²) in [7, 11) is 2.45. The molecule has 0 bridgehead atoms. The van der Waals surface area contributed by atoms with Crippen LogP contribution in [0.5, 0.6) is 0 Å². The second-order valence-corrected chi connectivity index (χ2v) is 6.35. The van der Waals surface area contributed by atoms with Gasteiger partial charge in [0.1, 0.15) is 19.5 Å². The number of hydrogen-bond donors (Lipinski definition) is 0. The van der Waals surface area contributed by atoms with Gasteiger partial charge in [-0.3, -0.25) is 0 Å². The van der Waals surface area contributed by atoms with Gasteiger partial charge in [0.15, 0.2) is 5.71 Å². The third-order valence-electron chi connectivity index (χ3n) is 4.31. The standard InChI is InChI=1S/C21H20F4N2O4/c1-12-6-5-7-15(19(27-30-4)20(28)29-3)17(12)11-31-26-13(2)16-10-14(22)8-9-18(16)21(23,24)25/h5-10H,11H2,1-4H3/b26-13+,27-19+. The maximum atomic E-state index is 13.5. The Kier molecular flexibility index (Phi) is 7.73. The number of carbonyl (C=O) groups excluding carboxylic acids is 1. The van der Waals surface area contributed by atoms with Crippen LogP contribution in [0.3, 0.4) is 0 Å². The monoisotopic (exact) mass is 440 g/mol. The van der Waals surface area contributed by atoms with Gasteiger partial charge in [0.2, 0.25) is 0 Å². The van der Waals surface area contributed by atoms with Crippen LogP contribution in [0, 0.1) is 12.7 Å². The molecular formula is C21H20F4N2O4. The predicted molar refractivity (Wildman–Crippen MR) is 105 cm³/mol. The molecule has 0 radical (unpaired) electrons. The number of esters is 1. The van der Waals surface area contributed by atoms with Crippen molar-refractivity contribution in [3.8, 4) is 0 Å². The van der Waals surface area contributed by atoms with Gasteiger partial charge in [-0.15, -0.1) is 0 Å². The highest BCUT2D eigenvalue weighted by Crippen LogP contribution is 2.32. The highest BCUT2D eigenvalue weighted by atomic mass is 19.4. The van der Waals surface area contributed by atoms with Crippen LogP contribution in [-0.2, 0) is 32.0 Å². The van der Waals surface area contributed by atoms with E-state index in [1.807, 2.05) is 0 Å². The van der Waals surface area contributed by atoms with E-state index in [-0.39, 0.29) is 18.0 Å². The molecule has 6 nitrogen and oxygen atoms in total. The number of alkyl halides is 3. The number of carbonyl (C=O) groups is 1. The third-order valence-corrected chi connectivity index (χ3v) is 4.31. The maximum Gasteiger partial charge on any atom is 0.417 e. The molecule has 0 aliphatic carbocycles. The van der Waals surface area contributed by atoms with E-state index in [0.717, 1.165) is 12.1 Å². The topological polar surface area (TPSA) is 69.5 Å². The minimum absolute atomic E-state index is 0.113. The minimum atomic E-state index is -4.69. The van der Waals surface area contributed by atoms with E-state index in [2.05, 4.69) is 10.3 Å². The normalized spacial score (nSPS) is 12.5. The molecule has 0 heterocycles. The molecule has 31 heavy (non-hydrogen) atoms. The molecule has 0 spiro atoms. The summed E-state index contributed by atoms with van der Waals surface area (Å²) in [5.74, 6) is -1.58. The Morgan fingerprint density at radius 2 is 1.77 bits per heavy atom. The first-order valence-electron chi connectivity index (χ1n) is 8.92. The largest absolute Gasteiger partial charge is 0.464 e. The fourth-order valence-electron chi connectivity index (χ4n) is 2.81. The fourth-order valence-corrected chi connectivity index (χ4v) is 2.81. The molecule has 2 aromatic carbocycles. The van der Waals surface area contributed by atoms with Crippen molar-refractivity contribution < 1.29 is 36.8 Å².